The highest BCUT2D eigenvalue weighted by atomic mass is 19.4. The van der Waals surface area contributed by atoms with Crippen LogP contribution in [0.25, 0.3) is 6.08 Å². The average Bonchev–Trinajstić information content (AvgIpc) is 2.67. The Morgan fingerprint density at radius 1 is 1.07 bits per heavy atom. The fraction of sp³-hybridized carbons (Fsp3) is 0.238. The van der Waals surface area contributed by atoms with E-state index in [0.29, 0.717) is 18.5 Å². The molecule has 0 aliphatic carbocycles. The number of carbonyl (C=O) groups excluding carboxylic acids is 2. The highest BCUT2D eigenvalue weighted by molar-refractivity contribution is 5.91. The molecule has 0 N–H and O–H groups in total. The van der Waals surface area contributed by atoms with E-state index in [2.05, 4.69) is 4.74 Å². The Labute approximate surface area is 165 Å². The summed E-state index contributed by atoms with van der Waals surface area (Å²) in [6, 6.07) is 9.52. The van der Waals surface area contributed by atoms with Crippen LogP contribution in [0.1, 0.15) is 35.7 Å². The third-order valence-electron chi connectivity index (χ3n) is 3.64. The van der Waals surface area contributed by atoms with Gasteiger partial charge in [-0.2, -0.15) is 0 Å². The first-order chi connectivity index (χ1) is 13.8. The third kappa shape index (κ3) is 7.33. The Kier molecular flexibility index (Phi) is 7.82. The maximum absolute atomic E-state index is 12.2. The molecule has 0 saturated heterocycles. The van der Waals surface area contributed by atoms with Gasteiger partial charge in [0, 0.05) is 6.08 Å². The lowest BCUT2D eigenvalue weighted by molar-refractivity contribution is -0.274. The zero-order chi connectivity index (χ0) is 21.3. The summed E-state index contributed by atoms with van der Waals surface area (Å²) in [5.74, 6) is -0.519. The molecule has 0 bridgehead atoms. The van der Waals surface area contributed by atoms with E-state index in [1.165, 1.54) is 30.4 Å². The van der Waals surface area contributed by atoms with Crippen molar-refractivity contribution in [2.24, 2.45) is 0 Å². The summed E-state index contributed by atoms with van der Waals surface area (Å²) < 4.78 is 51.1. The fourth-order valence-electron chi connectivity index (χ4n) is 2.28. The molecule has 0 saturated carbocycles. The van der Waals surface area contributed by atoms with Gasteiger partial charge >= 0.3 is 12.3 Å². The lowest BCUT2D eigenvalue weighted by atomic mass is 10.1. The Morgan fingerprint density at radius 2 is 1.76 bits per heavy atom. The van der Waals surface area contributed by atoms with E-state index >= 15 is 0 Å². The number of hydrogen-bond donors (Lipinski definition) is 0. The molecule has 0 heterocycles. The number of esters is 1. The van der Waals surface area contributed by atoms with Crippen LogP contribution in [-0.4, -0.2) is 25.2 Å². The van der Waals surface area contributed by atoms with Crippen molar-refractivity contribution in [1.29, 1.82) is 0 Å². The number of rotatable bonds is 9. The molecule has 0 atom stereocenters. The van der Waals surface area contributed by atoms with Gasteiger partial charge in [0.05, 0.1) is 12.2 Å². The first-order valence-corrected chi connectivity index (χ1v) is 8.79. The number of unbranched alkanes of at least 4 members (excludes halogenated alkanes) is 1. The lowest BCUT2D eigenvalue weighted by Gasteiger charge is -2.12. The van der Waals surface area contributed by atoms with Crippen LogP contribution in [0.2, 0.25) is 0 Å². The van der Waals surface area contributed by atoms with Crippen LogP contribution in [0.3, 0.4) is 0 Å². The molecule has 2 aromatic rings. The highest BCUT2D eigenvalue weighted by Crippen LogP contribution is 2.30. The van der Waals surface area contributed by atoms with Crippen LogP contribution in [-0.2, 0) is 9.53 Å². The van der Waals surface area contributed by atoms with E-state index in [1.54, 1.807) is 12.1 Å². The lowest BCUT2D eigenvalue weighted by Crippen LogP contribution is -2.16. The minimum Gasteiger partial charge on any atom is -0.463 e. The zero-order valence-corrected chi connectivity index (χ0v) is 15.6. The summed E-state index contributed by atoms with van der Waals surface area (Å²) in [6.07, 6.45) is 0.0877. The van der Waals surface area contributed by atoms with E-state index in [0.717, 1.165) is 25.0 Å². The fourth-order valence-corrected chi connectivity index (χ4v) is 2.28. The molecule has 8 heteroatoms. The second-order valence-electron chi connectivity index (χ2n) is 5.85. The summed E-state index contributed by atoms with van der Waals surface area (Å²) in [4.78, 5) is 23.2. The normalized spacial score (nSPS) is 11.3. The average molecular weight is 408 g/mol. The van der Waals surface area contributed by atoms with E-state index in [9.17, 15) is 22.8 Å². The summed E-state index contributed by atoms with van der Waals surface area (Å²) in [7, 11) is 0. The number of ether oxygens (including phenoxy) is 3. The molecule has 0 spiro atoms. The summed E-state index contributed by atoms with van der Waals surface area (Å²) in [5.41, 5.74) is 0.614. The van der Waals surface area contributed by atoms with Gasteiger partial charge in [0.25, 0.3) is 0 Å². The molecule has 2 aromatic carbocycles. The van der Waals surface area contributed by atoms with Gasteiger partial charge in [-0.3, -0.25) is 4.79 Å². The quantitative estimate of drug-likeness (QED) is 0.236. The Bertz CT molecular complexity index is 858. The third-order valence-corrected chi connectivity index (χ3v) is 3.64. The van der Waals surface area contributed by atoms with Crippen molar-refractivity contribution in [2.75, 3.05) is 6.61 Å². The zero-order valence-electron chi connectivity index (χ0n) is 15.6. The van der Waals surface area contributed by atoms with Crippen molar-refractivity contribution >= 4 is 18.3 Å². The smallest absolute Gasteiger partial charge is 0.463 e. The predicted octanol–water partition coefficient (Wildman–Crippen LogP) is 5.55. The maximum atomic E-state index is 12.2. The van der Waals surface area contributed by atoms with Crippen molar-refractivity contribution in [3.05, 3.63) is 59.7 Å². The van der Waals surface area contributed by atoms with Crippen molar-refractivity contribution in [3.63, 3.8) is 0 Å². The maximum Gasteiger partial charge on any atom is 0.573 e. The number of hydrogen-bond acceptors (Lipinski definition) is 5. The second kappa shape index (κ2) is 10.3. The van der Waals surface area contributed by atoms with Gasteiger partial charge in [0.1, 0.15) is 17.2 Å². The van der Waals surface area contributed by atoms with E-state index in [-0.39, 0.29) is 17.1 Å². The Hall–Kier alpha value is -3.29. The van der Waals surface area contributed by atoms with Gasteiger partial charge in [-0.25, -0.2) is 4.79 Å². The van der Waals surface area contributed by atoms with E-state index in [4.69, 9.17) is 9.47 Å². The molecule has 2 rings (SSSR count). The largest absolute Gasteiger partial charge is 0.573 e. The predicted molar refractivity (Wildman–Crippen MR) is 99.9 cm³/mol. The molecule has 0 radical (unpaired) electrons. The van der Waals surface area contributed by atoms with Crippen molar-refractivity contribution in [1.82, 2.24) is 0 Å². The molecule has 0 aromatic heterocycles. The van der Waals surface area contributed by atoms with Crippen LogP contribution in [0, 0.1) is 0 Å². The Morgan fingerprint density at radius 3 is 2.38 bits per heavy atom. The number of aldehydes is 1. The molecular formula is C21H19F3O5. The topological polar surface area (TPSA) is 61.8 Å². The molecule has 0 fully saturated rings. The molecule has 0 amide bonds. The van der Waals surface area contributed by atoms with Gasteiger partial charge in [0.2, 0.25) is 0 Å². The number of carbonyl (C=O) groups is 2. The number of alkyl halides is 3. The number of halogens is 3. The second-order valence-corrected chi connectivity index (χ2v) is 5.85. The monoisotopic (exact) mass is 408 g/mol. The summed E-state index contributed by atoms with van der Waals surface area (Å²) in [6.45, 7) is 2.29. The van der Waals surface area contributed by atoms with Gasteiger partial charge in [0.15, 0.2) is 6.29 Å². The molecule has 154 valence electrons. The molecule has 0 unspecified atom stereocenters. The summed E-state index contributed by atoms with van der Waals surface area (Å²) >= 11 is 0. The van der Waals surface area contributed by atoms with Gasteiger partial charge < -0.3 is 14.2 Å². The first kappa shape index (κ1) is 22.0. The highest BCUT2D eigenvalue weighted by Gasteiger charge is 2.31. The molecule has 0 aliphatic rings. The van der Waals surface area contributed by atoms with E-state index < -0.39 is 18.1 Å². The number of benzene rings is 2. The SMILES string of the molecule is CCCCOC(=O)/C=C/c1cccc(Oc2ccc(OC(F)(F)F)cc2)c1C=O. The first-order valence-electron chi connectivity index (χ1n) is 8.79. The molecule has 5 nitrogen and oxygen atoms in total. The molecular weight excluding hydrogens is 389 g/mol. The van der Waals surface area contributed by atoms with Crippen LogP contribution in [0.4, 0.5) is 13.2 Å². The van der Waals surface area contributed by atoms with Gasteiger partial charge in [-0.15, -0.1) is 13.2 Å². The standard InChI is InChI=1S/C21H19F3O5/c1-2-3-13-27-20(26)12-7-15-5-4-6-19(18(15)14-25)28-16-8-10-17(11-9-16)29-21(22,23)24/h4-12,14H,2-3,13H2,1H3/b12-7+. The minimum atomic E-state index is -4.79. The van der Waals surface area contributed by atoms with Crippen molar-refractivity contribution in [3.8, 4) is 17.2 Å². The van der Waals surface area contributed by atoms with Gasteiger partial charge in [-0.1, -0.05) is 25.5 Å². The van der Waals surface area contributed by atoms with E-state index in [1.807, 2.05) is 6.92 Å². The van der Waals surface area contributed by atoms with Crippen LogP contribution < -0.4 is 9.47 Å². The molecule has 0 aliphatic heterocycles. The molecule has 29 heavy (non-hydrogen) atoms. The van der Waals surface area contributed by atoms with Crippen molar-refractivity contribution in [2.45, 2.75) is 26.1 Å². The van der Waals surface area contributed by atoms with Crippen LogP contribution in [0.15, 0.2) is 48.5 Å². The van der Waals surface area contributed by atoms with Gasteiger partial charge in [-0.05, 0) is 48.4 Å². The Balaban J connectivity index is 2.13. The van der Waals surface area contributed by atoms with Crippen LogP contribution in [0.5, 0.6) is 17.2 Å². The van der Waals surface area contributed by atoms with Crippen LogP contribution >= 0.6 is 0 Å². The van der Waals surface area contributed by atoms with Crippen molar-refractivity contribution < 1.29 is 37.0 Å². The minimum absolute atomic E-state index is 0.181. The summed E-state index contributed by atoms with van der Waals surface area (Å²) in [5, 5.41) is 0.